The highest BCUT2D eigenvalue weighted by atomic mass is 79.9. The molecule has 0 amide bonds. The Morgan fingerprint density at radius 3 is 2.73 bits per heavy atom. The summed E-state index contributed by atoms with van der Waals surface area (Å²) in [7, 11) is 0. The topological polar surface area (TPSA) is 20.2 Å². The van der Waals surface area contributed by atoms with E-state index in [0.29, 0.717) is 0 Å². The Morgan fingerprint density at radius 1 is 1.36 bits per heavy atom. The van der Waals surface area contributed by atoms with E-state index in [1.54, 1.807) is 6.08 Å². The van der Waals surface area contributed by atoms with E-state index in [0.717, 1.165) is 10.0 Å². The average molecular weight is 213 g/mol. The van der Waals surface area contributed by atoms with Gasteiger partial charge in [0.2, 0.25) is 0 Å². The van der Waals surface area contributed by atoms with Crippen LogP contribution >= 0.6 is 15.9 Å². The second-order valence-electron chi connectivity index (χ2n) is 2.11. The van der Waals surface area contributed by atoms with Gasteiger partial charge in [0.05, 0.1) is 6.61 Å². The molecule has 0 aliphatic carbocycles. The van der Waals surface area contributed by atoms with Crippen molar-refractivity contribution in [1.29, 1.82) is 0 Å². The zero-order valence-corrected chi connectivity index (χ0v) is 7.58. The van der Waals surface area contributed by atoms with Crippen molar-refractivity contribution in [3.8, 4) is 0 Å². The maximum Gasteiger partial charge on any atom is 0.0615 e. The normalized spacial score (nSPS) is 10.7. The van der Waals surface area contributed by atoms with Crippen molar-refractivity contribution in [2.45, 2.75) is 0 Å². The third-order valence-corrected chi connectivity index (χ3v) is 2.03. The summed E-state index contributed by atoms with van der Waals surface area (Å²) in [5, 5.41) is 8.52. The summed E-state index contributed by atoms with van der Waals surface area (Å²) in [5.74, 6) is 0. The second kappa shape index (κ2) is 4.31. The summed E-state index contributed by atoms with van der Waals surface area (Å²) < 4.78 is 1.05. The van der Waals surface area contributed by atoms with Gasteiger partial charge in [-0.2, -0.15) is 0 Å². The fourth-order valence-corrected chi connectivity index (χ4v) is 1.21. The van der Waals surface area contributed by atoms with Crippen LogP contribution in [0.3, 0.4) is 0 Å². The van der Waals surface area contributed by atoms with Crippen LogP contribution in [0.15, 0.2) is 34.8 Å². The van der Waals surface area contributed by atoms with E-state index in [9.17, 15) is 0 Å². The summed E-state index contributed by atoms with van der Waals surface area (Å²) in [6.07, 6.45) is 3.59. The minimum absolute atomic E-state index is 0.0847. The molecular formula is C9H9BrO. The first-order valence-electron chi connectivity index (χ1n) is 3.36. The fourth-order valence-electron chi connectivity index (χ4n) is 0.790. The number of rotatable bonds is 2. The second-order valence-corrected chi connectivity index (χ2v) is 2.96. The summed E-state index contributed by atoms with van der Waals surface area (Å²) in [6.45, 7) is 0.0847. The number of halogens is 1. The Bertz CT molecular complexity index is 255. The molecule has 0 fully saturated rings. The van der Waals surface area contributed by atoms with Crippen molar-refractivity contribution < 1.29 is 5.11 Å². The van der Waals surface area contributed by atoms with Crippen LogP contribution in [0, 0.1) is 0 Å². The maximum absolute atomic E-state index is 8.52. The van der Waals surface area contributed by atoms with E-state index < -0.39 is 0 Å². The predicted molar refractivity (Wildman–Crippen MR) is 50.3 cm³/mol. The standard InChI is InChI=1S/C9H9BrO/c10-9-6-2-1-4-8(9)5-3-7-11/h1-6,11H,7H2. The van der Waals surface area contributed by atoms with Gasteiger partial charge < -0.3 is 5.11 Å². The van der Waals surface area contributed by atoms with Gasteiger partial charge in [0, 0.05) is 4.47 Å². The third kappa shape index (κ3) is 2.48. The molecule has 0 saturated heterocycles. The molecule has 2 heteroatoms. The van der Waals surface area contributed by atoms with Crippen molar-refractivity contribution in [2.75, 3.05) is 6.61 Å². The Morgan fingerprint density at radius 2 is 2.09 bits per heavy atom. The van der Waals surface area contributed by atoms with Gasteiger partial charge in [-0.1, -0.05) is 46.3 Å². The SMILES string of the molecule is OCC=Cc1ccccc1Br. The van der Waals surface area contributed by atoms with Crippen molar-refractivity contribution in [1.82, 2.24) is 0 Å². The lowest BCUT2D eigenvalue weighted by molar-refractivity contribution is 0.343. The smallest absolute Gasteiger partial charge is 0.0615 e. The molecule has 1 aromatic carbocycles. The molecule has 1 rings (SSSR count). The van der Waals surface area contributed by atoms with Crippen molar-refractivity contribution >= 4 is 22.0 Å². The largest absolute Gasteiger partial charge is 0.392 e. The minimum Gasteiger partial charge on any atom is -0.392 e. The van der Waals surface area contributed by atoms with E-state index in [1.807, 2.05) is 30.3 Å². The molecule has 0 aromatic heterocycles. The third-order valence-electron chi connectivity index (χ3n) is 1.31. The van der Waals surface area contributed by atoms with Crippen LogP contribution in [0.25, 0.3) is 6.08 Å². The molecule has 0 bridgehead atoms. The van der Waals surface area contributed by atoms with Crippen molar-refractivity contribution in [3.63, 3.8) is 0 Å². The van der Waals surface area contributed by atoms with Gasteiger partial charge in [-0.05, 0) is 11.6 Å². The molecule has 0 radical (unpaired) electrons. The van der Waals surface area contributed by atoms with Crippen LogP contribution in [0.1, 0.15) is 5.56 Å². The highest BCUT2D eigenvalue weighted by Gasteiger charge is 1.90. The van der Waals surface area contributed by atoms with Crippen LogP contribution < -0.4 is 0 Å². The summed E-state index contributed by atoms with van der Waals surface area (Å²) in [4.78, 5) is 0. The molecule has 0 spiro atoms. The van der Waals surface area contributed by atoms with Gasteiger partial charge in [-0.15, -0.1) is 0 Å². The molecule has 0 unspecified atom stereocenters. The maximum atomic E-state index is 8.52. The first-order valence-corrected chi connectivity index (χ1v) is 4.16. The molecule has 0 aliphatic rings. The van der Waals surface area contributed by atoms with Crippen molar-refractivity contribution in [3.05, 3.63) is 40.4 Å². The molecule has 0 saturated carbocycles. The number of benzene rings is 1. The molecule has 1 N–H and O–H groups in total. The quantitative estimate of drug-likeness (QED) is 0.799. The van der Waals surface area contributed by atoms with Crippen LogP contribution in [-0.2, 0) is 0 Å². The zero-order chi connectivity index (χ0) is 8.10. The average Bonchev–Trinajstić information content (AvgIpc) is 2.03. The molecule has 0 aliphatic heterocycles. The van der Waals surface area contributed by atoms with E-state index in [-0.39, 0.29) is 6.61 Å². The van der Waals surface area contributed by atoms with E-state index in [1.165, 1.54) is 0 Å². The summed E-state index contributed by atoms with van der Waals surface area (Å²) in [6, 6.07) is 7.87. The molecule has 0 atom stereocenters. The summed E-state index contributed by atoms with van der Waals surface area (Å²) in [5.41, 5.74) is 1.08. The zero-order valence-electron chi connectivity index (χ0n) is 6.00. The van der Waals surface area contributed by atoms with Crippen molar-refractivity contribution in [2.24, 2.45) is 0 Å². The monoisotopic (exact) mass is 212 g/mol. The summed E-state index contributed by atoms with van der Waals surface area (Å²) >= 11 is 3.39. The Labute approximate surface area is 74.5 Å². The number of hydrogen-bond donors (Lipinski definition) is 1. The Hall–Kier alpha value is -0.600. The van der Waals surface area contributed by atoms with Gasteiger partial charge >= 0.3 is 0 Å². The number of aliphatic hydroxyl groups is 1. The van der Waals surface area contributed by atoms with Gasteiger partial charge in [-0.3, -0.25) is 0 Å². The van der Waals surface area contributed by atoms with Crippen LogP contribution in [-0.4, -0.2) is 11.7 Å². The van der Waals surface area contributed by atoms with Crippen LogP contribution in [0.4, 0.5) is 0 Å². The lowest BCUT2D eigenvalue weighted by Gasteiger charge is -1.95. The van der Waals surface area contributed by atoms with Crippen LogP contribution in [0.2, 0.25) is 0 Å². The molecule has 1 aromatic rings. The lowest BCUT2D eigenvalue weighted by Crippen LogP contribution is -1.75. The van der Waals surface area contributed by atoms with E-state index >= 15 is 0 Å². The van der Waals surface area contributed by atoms with Gasteiger partial charge in [-0.25, -0.2) is 0 Å². The lowest BCUT2D eigenvalue weighted by atomic mass is 10.2. The molecule has 11 heavy (non-hydrogen) atoms. The Balaban J connectivity index is 2.86. The first-order chi connectivity index (χ1) is 5.34. The minimum atomic E-state index is 0.0847. The Kier molecular flexibility index (Phi) is 3.33. The van der Waals surface area contributed by atoms with Gasteiger partial charge in [0.1, 0.15) is 0 Å². The van der Waals surface area contributed by atoms with E-state index in [2.05, 4.69) is 15.9 Å². The first kappa shape index (κ1) is 8.50. The molecular weight excluding hydrogens is 204 g/mol. The molecule has 0 heterocycles. The van der Waals surface area contributed by atoms with Gasteiger partial charge in [0.15, 0.2) is 0 Å². The van der Waals surface area contributed by atoms with Gasteiger partial charge in [0.25, 0.3) is 0 Å². The van der Waals surface area contributed by atoms with Crippen LogP contribution in [0.5, 0.6) is 0 Å². The predicted octanol–water partition coefficient (Wildman–Crippen LogP) is 2.45. The molecule has 58 valence electrons. The highest BCUT2D eigenvalue weighted by molar-refractivity contribution is 9.10. The number of aliphatic hydroxyl groups excluding tert-OH is 1. The number of hydrogen-bond acceptors (Lipinski definition) is 1. The van der Waals surface area contributed by atoms with E-state index in [4.69, 9.17) is 5.11 Å². The highest BCUT2D eigenvalue weighted by Crippen LogP contribution is 2.16. The molecule has 1 nitrogen and oxygen atoms in total. The fraction of sp³-hybridized carbons (Fsp3) is 0.111.